The molecule has 25 heavy (non-hydrogen) atoms. The summed E-state index contributed by atoms with van der Waals surface area (Å²) in [5, 5.41) is 2.17. The zero-order valence-corrected chi connectivity index (χ0v) is 15.2. The molecule has 0 saturated heterocycles. The summed E-state index contributed by atoms with van der Waals surface area (Å²) in [5.41, 5.74) is 10.4. The highest BCUT2D eigenvalue weighted by molar-refractivity contribution is 7.80. The highest BCUT2D eigenvalue weighted by atomic mass is 35.5. The predicted octanol–water partition coefficient (Wildman–Crippen LogP) is 3.23. The molecule has 2 atom stereocenters. The fourth-order valence-electron chi connectivity index (χ4n) is 2.73. The minimum Gasteiger partial charge on any atom is -0.497 e. The van der Waals surface area contributed by atoms with Gasteiger partial charge in [0.15, 0.2) is 5.11 Å². The number of amides is 1. The fourth-order valence-corrected chi connectivity index (χ4v) is 3.01. The third kappa shape index (κ3) is 4.03. The first kappa shape index (κ1) is 17.5. The summed E-state index contributed by atoms with van der Waals surface area (Å²) in [4.78, 5) is 12.5. The molecule has 0 radical (unpaired) electrons. The van der Waals surface area contributed by atoms with Crippen LogP contribution in [0.4, 0.5) is 5.69 Å². The maximum absolute atomic E-state index is 12.5. The molecule has 0 aliphatic heterocycles. The van der Waals surface area contributed by atoms with Crippen molar-refractivity contribution in [3.63, 3.8) is 0 Å². The van der Waals surface area contributed by atoms with Gasteiger partial charge in [0.2, 0.25) is 5.91 Å². The van der Waals surface area contributed by atoms with Gasteiger partial charge < -0.3 is 10.5 Å². The topological polar surface area (TPSA) is 67.6 Å². The molecule has 3 rings (SSSR count). The van der Waals surface area contributed by atoms with E-state index in [4.69, 9.17) is 34.3 Å². The molecule has 1 amide bonds. The number of hydrazine groups is 1. The Morgan fingerprint density at radius 1 is 1.24 bits per heavy atom. The molecule has 1 aliphatic rings. The lowest BCUT2D eigenvalue weighted by Crippen LogP contribution is -2.49. The Morgan fingerprint density at radius 3 is 2.44 bits per heavy atom. The summed E-state index contributed by atoms with van der Waals surface area (Å²) in [5.74, 6) is 0.698. The number of benzene rings is 2. The van der Waals surface area contributed by atoms with Crippen molar-refractivity contribution in [3.05, 3.63) is 59.1 Å². The lowest BCUT2D eigenvalue weighted by molar-refractivity contribution is -0.122. The highest BCUT2D eigenvalue weighted by Gasteiger charge is 2.44. The van der Waals surface area contributed by atoms with Gasteiger partial charge in [-0.05, 0) is 66.5 Å². The molecule has 2 unspecified atom stereocenters. The van der Waals surface area contributed by atoms with E-state index >= 15 is 0 Å². The zero-order chi connectivity index (χ0) is 18.0. The SMILES string of the molecule is COc1ccc(N(NC(=O)C2CC2c2ccc(Cl)cc2)C(N)=S)cc1. The quantitative estimate of drug-likeness (QED) is 0.634. The Kier molecular flexibility index (Phi) is 5.11. The Bertz CT molecular complexity index is 780. The lowest BCUT2D eigenvalue weighted by atomic mass is 10.1. The number of nitrogens with one attached hydrogen (secondary N) is 1. The molecule has 0 bridgehead atoms. The Morgan fingerprint density at radius 2 is 1.88 bits per heavy atom. The number of carbonyl (C=O) groups is 1. The van der Waals surface area contributed by atoms with Crippen LogP contribution in [-0.4, -0.2) is 18.1 Å². The van der Waals surface area contributed by atoms with Crippen LogP contribution in [0.15, 0.2) is 48.5 Å². The van der Waals surface area contributed by atoms with Crippen molar-refractivity contribution in [1.82, 2.24) is 5.43 Å². The lowest BCUT2D eigenvalue weighted by Gasteiger charge is -2.23. The third-order valence-corrected chi connectivity index (χ3v) is 4.63. The minimum absolute atomic E-state index is 0.0715. The summed E-state index contributed by atoms with van der Waals surface area (Å²) in [6.45, 7) is 0. The van der Waals surface area contributed by atoms with Crippen LogP contribution in [0.5, 0.6) is 5.75 Å². The van der Waals surface area contributed by atoms with E-state index in [0.717, 1.165) is 12.0 Å². The second kappa shape index (κ2) is 7.29. The number of thiocarbonyl (C=S) groups is 1. The minimum atomic E-state index is -0.108. The van der Waals surface area contributed by atoms with Gasteiger partial charge in [-0.1, -0.05) is 23.7 Å². The van der Waals surface area contributed by atoms with Crippen LogP contribution in [0.2, 0.25) is 5.02 Å². The van der Waals surface area contributed by atoms with Gasteiger partial charge in [-0.15, -0.1) is 0 Å². The van der Waals surface area contributed by atoms with E-state index in [1.165, 1.54) is 5.01 Å². The first-order valence-corrected chi connectivity index (χ1v) is 8.58. The van der Waals surface area contributed by atoms with E-state index in [2.05, 4.69) is 5.43 Å². The summed E-state index contributed by atoms with van der Waals surface area (Å²) in [7, 11) is 1.59. The number of rotatable bonds is 4. The maximum atomic E-state index is 12.5. The van der Waals surface area contributed by atoms with E-state index in [0.29, 0.717) is 16.5 Å². The standard InChI is InChI=1S/C18H18ClN3O2S/c1-24-14-8-6-13(7-9-14)22(18(20)25)21-17(23)16-10-15(16)11-2-4-12(19)5-3-11/h2-9,15-16H,10H2,1H3,(H2,20,25)(H,21,23). The first-order chi connectivity index (χ1) is 12.0. The number of methoxy groups -OCH3 is 1. The monoisotopic (exact) mass is 375 g/mol. The molecule has 0 spiro atoms. The maximum Gasteiger partial charge on any atom is 0.242 e. The number of carbonyl (C=O) groups excluding carboxylic acids is 1. The summed E-state index contributed by atoms with van der Waals surface area (Å²) >= 11 is 11.0. The van der Waals surface area contributed by atoms with Crippen LogP contribution in [-0.2, 0) is 4.79 Å². The summed E-state index contributed by atoms with van der Waals surface area (Å²) in [6, 6.07) is 14.7. The van der Waals surface area contributed by atoms with Crippen LogP contribution in [0.25, 0.3) is 0 Å². The van der Waals surface area contributed by atoms with Gasteiger partial charge in [0.05, 0.1) is 12.8 Å². The smallest absolute Gasteiger partial charge is 0.242 e. The molecule has 1 fully saturated rings. The molecule has 0 heterocycles. The van der Waals surface area contributed by atoms with Crippen LogP contribution in [0, 0.1) is 5.92 Å². The number of halogens is 1. The highest BCUT2D eigenvalue weighted by Crippen LogP contribution is 2.47. The normalized spacial score (nSPS) is 18.3. The van der Waals surface area contributed by atoms with E-state index in [1.54, 1.807) is 31.4 Å². The zero-order valence-electron chi connectivity index (χ0n) is 13.6. The van der Waals surface area contributed by atoms with Gasteiger partial charge in [-0.2, -0.15) is 0 Å². The van der Waals surface area contributed by atoms with Gasteiger partial charge in [-0.25, -0.2) is 5.01 Å². The first-order valence-electron chi connectivity index (χ1n) is 7.79. The number of nitrogens with zero attached hydrogens (tertiary/aromatic N) is 1. The van der Waals surface area contributed by atoms with E-state index in [9.17, 15) is 4.79 Å². The van der Waals surface area contributed by atoms with Crippen molar-refractivity contribution < 1.29 is 9.53 Å². The van der Waals surface area contributed by atoms with Crippen LogP contribution >= 0.6 is 23.8 Å². The number of nitrogens with two attached hydrogens (primary N) is 1. The van der Waals surface area contributed by atoms with E-state index in [-0.39, 0.29) is 22.9 Å². The second-order valence-corrected chi connectivity index (χ2v) is 6.70. The van der Waals surface area contributed by atoms with Crippen LogP contribution in [0.1, 0.15) is 17.9 Å². The molecular formula is C18H18ClN3O2S. The van der Waals surface area contributed by atoms with E-state index in [1.807, 2.05) is 24.3 Å². The molecule has 130 valence electrons. The van der Waals surface area contributed by atoms with Crippen molar-refractivity contribution in [2.75, 3.05) is 12.1 Å². The Labute approximate surface area is 156 Å². The van der Waals surface area contributed by atoms with Crippen molar-refractivity contribution >= 4 is 40.5 Å². The summed E-state index contributed by atoms with van der Waals surface area (Å²) in [6.07, 6.45) is 0.793. The second-order valence-electron chi connectivity index (χ2n) is 5.85. The number of hydrogen-bond donors (Lipinski definition) is 2. The van der Waals surface area contributed by atoms with Gasteiger partial charge in [0.25, 0.3) is 0 Å². The Balaban J connectivity index is 1.67. The molecule has 1 aliphatic carbocycles. The van der Waals surface area contributed by atoms with Gasteiger partial charge in [0, 0.05) is 10.9 Å². The van der Waals surface area contributed by atoms with Gasteiger partial charge >= 0.3 is 0 Å². The molecule has 5 nitrogen and oxygen atoms in total. The van der Waals surface area contributed by atoms with E-state index < -0.39 is 0 Å². The molecular weight excluding hydrogens is 358 g/mol. The average molecular weight is 376 g/mol. The average Bonchev–Trinajstić information content (AvgIpc) is 3.41. The van der Waals surface area contributed by atoms with Crippen molar-refractivity contribution in [1.29, 1.82) is 0 Å². The summed E-state index contributed by atoms with van der Waals surface area (Å²) < 4.78 is 5.13. The van der Waals surface area contributed by atoms with Crippen LogP contribution < -0.4 is 20.9 Å². The van der Waals surface area contributed by atoms with Crippen molar-refractivity contribution in [2.24, 2.45) is 11.7 Å². The number of ether oxygens (including phenoxy) is 1. The third-order valence-electron chi connectivity index (χ3n) is 4.20. The molecule has 0 aromatic heterocycles. The predicted molar refractivity (Wildman–Crippen MR) is 103 cm³/mol. The molecule has 2 aromatic rings. The van der Waals surface area contributed by atoms with Gasteiger partial charge in [-0.3, -0.25) is 10.2 Å². The molecule has 3 N–H and O–H groups in total. The molecule has 1 saturated carbocycles. The van der Waals surface area contributed by atoms with Crippen molar-refractivity contribution in [3.8, 4) is 5.75 Å². The number of anilines is 1. The largest absolute Gasteiger partial charge is 0.497 e. The van der Waals surface area contributed by atoms with Crippen LogP contribution in [0.3, 0.4) is 0 Å². The van der Waals surface area contributed by atoms with Gasteiger partial charge in [0.1, 0.15) is 5.75 Å². The Hall–Kier alpha value is -2.31. The van der Waals surface area contributed by atoms with Crippen molar-refractivity contribution in [2.45, 2.75) is 12.3 Å². The molecule has 2 aromatic carbocycles. The number of hydrogen-bond acceptors (Lipinski definition) is 3. The molecule has 7 heteroatoms. The fraction of sp³-hybridized carbons (Fsp3) is 0.222.